The zero-order chi connectivity index (χ0) is 29.5. The van der Waals surface area contributed by atoms with E-state index >= 15 is 0 Å². The summed E-state index contributed by atoms with van der Waals surface area (Å²) in [6.07, 6.45) is 0. The van der Waals surface area contributed by atoms with E-state index in [1.807, 2.05) is 42.5 Å². The number of fused-ring (bicyclic) bond motifs is 3. The highest BCUT2D eigenvalue weighted by atomic mass is 35.5. The summed E-state index contributed by atoms with van der Waals surface area (Å²) < 4.78 is 0. The van der Waals surface area contributed by atoms with Gasteiger partial charge in [-0.25, -0.2) is 9.97 Å². The van der Waals surface area contributed by atoms with E-state index in [0.717, 1.165) is 39.2 Å². The van der Waals surface area contributed by atoms with Gasteiger partial charge in [0.2, 0.25) is 0 Å². The molecule has 0 N–H and O–H groups in total. The summed E-state index contributed by atoms with van der Waals surface area (Å²) in [6, 6.07) is 57.1. The molecular weight excluding hydrogens is 556 g/mol. The van der Waals surface area contributed by atoms with Gasteiger partial charge in [-0.05, 0) is 51.6 Å². The highest BCUT2D eigenvalue weighted by Crippen LogP contribution is 2.58. The van der Waals surface area contributed by atoms with Gasteiger partial charge in [-0.2, -0.15) is 0 Å². The molecule has 0 spiro atoms. The SMILES string of the molecule is Clc1ccc2c(c1)-c1c(-c3nc(-c4ccccc4)cc(-c4ccccc4)n3)cccc1C2(c1ccccc1)c1ccccc1. The van der Waals surface area contributed by atoms with Crippen LogP contribution in [-0.4, -0.2) is 9.97 Å². The first-order valence-corrected chi connectivity index (χ1v) is 15.2. The Morgan fingerprint density at radius 3 is 1.50 bits per heavy atom. The maximum atomic E-state index is 6.75. The fraction of sp³-hybridized carbons (Fsp3) is 0.0244. The maximum Gasteiger partial charge on any atom is 0.161 e. The molecule has 0 aliphatic heterocycles. The summed E-state index contributed by atoms with van der Waals surface area (Å²) >= 11 is 6.75. The quantitative estimate of drug-likeness (QED) is 0.202. The van der Waals surface area contributed by atoms with Crippen molar-refractivity contribution in [1.82, 2.24) is 9.97 Å². The van der Waals surface area contributed by atoms with Crippen LogP contribution >= 0.6 is 11.6 Å². The van der Waals surface area contributed by atoms with E-state index in [0.29, 0.717) is 10.8 Å². The molecule has 1 aliphatic carbocycles. The van der Waals surface area contributed by atoms with Gasteiger partial charge < -0.3 is 0 Å². The molecule has 6 aromatic carbocycles. The van der Waals surface area contributed by atoms with Gasteiger partial charge in [-0.15, -0.1) is 0 Å². The summed E-state index contributed by atoms with van der Waals surface area (Å²) in [5, 5.41) is 0.699. The molecule has 0 saturated heterocycles. The van der Waals surface area contributed by atoms with E-state index in [4.69, 9.17) is 21.6 Å². The number of aromatic nitrogens is 2. The van der Waals surface area contributed by atoms with Crippen molar-refractivity contribution in [1.29, 1.82) is 0 Å². The highest BCUT2D eigenvalue weighted by Gasteiger charge is 2.47. The zero-order valence-electron chi connectivity index (χ0n) is 23.9. The van der Waals surface area contributed by atoms with Crippen LogP contribution in [0.4, 0.5) is 0 Å². The van der Waals surface area contributed by atoms with Gasteiger partial charge in [0.25, 0.3) is 0 Å². The number of rotatable bonds is 5. The van der Waals surface area contributed by atoms with Crippen molar-refractivity contribution in [2.75, 3.05) is 0 Å². The molecule has 2 nitrogen and oxygen atoms in total. The van der Waals surface area contributed by atoms with Crippen LogP contribution < -0.4 is 0 Å². The molecule has 0 bridgehead atoms. The minimum absolute atomic E-state index is 0.535. The monoisotopic (exact) mass is 582 g/mol. The van der Waals surface area contributed by atoms with Crippen LogP contribution in [0.25, 0.3) is 45.0 Å². The summed E-state index contributed by atoms with van der Waals surface area (Å²) in [4.78, 5) is 10.4. The number of hydrogen-bond donors (Lipinski definition) is 0. The zero-order valence-corrected chi connectivity index (χ0v) is 24.6. The van der Waals surface area contributed by atoms with Gasteiger partial charge in [-0.1, -0.05) is 157 Å². The molecular formula is C41H27ClN2. The van der Waals surface area contributed by atoms with Crippen molar-refractivity contribution in [2.45, 2.75) is 5.41 Å². The normalized spacial score (nSPS) is 12.8. The summed E-state index contributed by atoms with van der Waals surface area (Å²) in [6.45, 7) is 0. The second-order valence-corrected chi connectivity index (χ2v) is 11.5. The number of nitrogens with zero attached hydrogens (tertiary/aromatic N) is 2. The van der Waals surface area contributed by atoms with Crippen molar-refractivity contribution in [3.8, 4) is 45.0 Å². The van der Waals surface area contributed by atoms with Gasteiger partial charge in [0, 0.05) is 21.7 Å². The summed E-state index contributed by atoms with van der Waals surface area (Å²) in [5.74, 6) is 0.685. The Hall–Kier alpha value is -5.31. The average Bonchev–Trinajstić information content (AvgIpc) is 3.40. The first-order chi connectivity index (χ1) is 21.7. The Balaban J connectivity index is 1.47. The summed E-state index contributed by atoms with van der Waals surface area (Å²) in [5.41, 5.74) is 11.3. The molecule has 44 heavy (non-hydrogen) atoms. The van der Waals surface area contributed by atoms with Gasteiger partial charge in [-0.3, -0.25) is 0 Å². The first-order valence-electron chi connectivity index (χ1n) is 14.8. The number of hydrogen-bond acceptors (Lipinski definition) is 2. The Kier molecular flexibility index (Phi) is 6.43. The number of benzene rings is 6. The van der Waals surface area contributed by atoms with Gasteiger partial charge >= 0.3 is 0 Å². The Morgan fingerprint density at radius 1 is 0.432 bits per heavy atom. The van der Waals surface area contributed by atoms with Crippen LogP contribution in [0.2, 0.25) is 5.02 Å². The predicted molar refractivity (Wildman–Crippen MR) is 181 cm³/mol. The molecule has 8 rings (SSSR count). The molecule has 0 amide bonds. The van der Waals surface area contributed by atoms with Crippen LogP contribution in [0.3, 0.4) is 0 Å². The molecule has 0 radical (unpaired) electrons. The van der Waals surface area contributed by atoms with E-state index < -0.39 is 5.41 Å². The second-order valence-electron chi connectivity index (χ2n) is 11.1. The smallest absolute Gasteiger partial charge is 0.161 e. The van der Waals surface area contributed by atoms with Crippen molar-refractivity contribution in [2.24, 2.45) is 0 Å². The Morgan fingerprint density at radius 2 is 0.955 bits per heavy atom. The molecule has 3 heteroatoms. The molecule has 1 aromatic heterocycles. The van der Waals surface area contributed by atoms with Crippen molar-refractivity contribution in [3.05, 3.63) is 191 Å². The Bertz CT molecular complexity index is 2010. The van der Waals surface area contributed by atoms with Crippen LogP contribution in [0.1, 0.15) is 22.3 Å². The van der Waals surface area contributed by atoms with Gasteiger partial charge in [0.15, 0.2) is 5.82 Å². The van der Waals surface area contributed by atoms with Crippen molar-refractivity contribution in [3.63, 3.8) is 0 Å². The lowest BCUT2D eigenvalue weighted by molar-refractivity contribution is 0.768. The third kappa shape index (κ3) is 4.18. The van der Waals surface area contributed by atoms with E-state index in [2.05, 4.69) is 121 Å². The van der Waals surface area contributed by atoms with Crippen LogP contribution in [0.15, 0.2) is 164 Å². The second kappa shape index (κ2) is 10.8. The van der Waals surface area contributed by atoms with Crippen LogP contribution in [0.5, 0.6) is 0 Å². The standard InChI is InChI=1S/C41H27ClN2/c42-32-24-25-35-34(26-32)39-33(22-13-23-36(39)41(35,30-18-9-3-10-19-30)31-20-11-4-12-21-31)40-43-37(28-14-5-1-6-15-28)27-38(44-40)29-16-7-2-8-17-29/h1-27H. The highest BCUT2D eigenvalue weighted by molar-refractivity contribution is 6.31. The molecule has 1 aliphatic rings. The minimum Gasteiger partial charge on any atom is -0.228 e. The lowest BCUT2D eigenvalue weighted by Gasteiger charge is -2.34. The first kappa shape index (κ1) is 26.3. The fourth-order valence-electron chi connectivity index (χ4n) is 6.78. The molecule has 7 aromatic rings. The van der Waals surface area contributed by atoms with Crippen molar-refractivity contribution < 1.29 is 0 Å². The number of halogens is 1. The van der Waals surface area contributed by atoms with E-state index in [1.165, 1.54) is 22.3 Å². The van der Waals surface area contributed by atoms with Crippen LogP contribution in [-0.2, 0) is 5.41 Å². The molecule has 0 atom stereocenters. The summed E-state index contributed by atoms with van der Waals surface area (Å²) in [7, 11) is 0. The third-order valence-corrected chi connectivity index (χ3v) is 8.88. The van der Waals surface area contributed by atoms with E-state index in [1.54, 1.807) is 0 Å². The molecule has 0 fully saturated rings. The fourth-order valence-corrected chi connectivity index (χ4v) is 6.96. The molecule has 1 heterocycles. The van der Waals surface area contributed by atoms with E-state index in [9.17, 15) is 0 Å². The average molecular weight is 583 g/mol. The molecule has 208 valence electrons. The van der Waals surface area contributed by atoms with Gasteiger partial charge in [0.05, 0.1) is 16.8 Å². The van der Waals surface area contributed by atoms with E-state index in [-0.39, 0.29) is 0 Å². The lowest BCUT2D eigenvalue weighted by Crippen LogP contribution is -2.28. The topological polar surface area (TPSA) is 25.8 Å². The maximum absolute atomic E-state index is 6.75. The Labute approximate surface area is 262 Å². The molecule has 0 unspecified atom stereocenters. The third-order valence-electron chi connectivity index (χ3n) is 8.64. The molecule has 0 saturated carbocycles. The predicted octanol–water partition coefficient (Wildman–Crippen LogP) is 10.5. The van der Waals surface area contributed by atoms with Crippen molar-refractivity contribution >= 4 is 11.6 Å². The largest absolute Gasteiger partial charge is 0.228 e. The lowest BCUT2D eigenvalue weighted by atomic mass is 9.67. The van der Waals surface area contributed by atoms with Gasteiger partial charge in [0.1, 0.15) is 0 Å². The van der Waals surface area contributed by atoms with Crippen LogP contribution in [0, 0.1) is 0 Å². The minimum atomic E-state index is -0.535.